The molecule has 0 aliphatic carbocycles. The molecule has 2 aromatic carbocycles. The van der Waals surface area contributed by atoms with Crippen LogP contribution in [-0.4, -0.2) is 55.6 Å². The Morgan fingerprint density at radius 2 is 1.97 bits per heavy atom. The zero-order valence-electron chi connectivity index (χ0n) is 18.7. The van der Waals surface area contributed by atoms with Gasteiger partial charge < -0.3 is 24.8 Å². The highest BCUT2D eigenvalue weighted by atomic mass is 79.9. The van der Waals surface area contributed by atoms with E-state index < -0.39 is 30.4 Å². The molecule has 0 aromatic heterocycles. The van der Waals surface area contributed by atoms with E-state index in [2.05, 4.69) is 26.6 Å². The van der Waals surface area contributed by atoms with Crippen molar-refractivity contribution in [2.24, 2.45) is 0 Å². The number of anilines is 1. The van der Waals surface area contributed by atoms with Crippen molar-refractivity contribution >= 4 is 63.1 Å². The number of imide groups is 1. The molecule has 0 radical (unpaired) electrons. The molecule has 35 heavy (non-hydrogen) atoms. The number of hydrogen-bond donors (Lipinski definition) is 2. The van der Waals surface area contributed by atoms with Crippen LogP contribution in [0.4, 0.5) is 10.5 Å². The molecule has 1 fully saturated rings. The Balaban J connectivity index is 1.70. The third-order valence-electron chi connectivity index (χ3n) is 4.62. The summed E-state index contributed by atoms with van der Waals surface area (Å²) in [5.74, 6) is -1.14. The molecule has 2 aromatic rings. The van der Waals surface area contributed by atoms with E-state index in [1.54, 1.807) is 37.3 Å². The number of benzene rings is 2. The van der Waals surface area contributed by atoms with Crippen molar-refractivity contribution in [2.45, 2.75) is 6.92 Å². The molecule has 1 aliphatic heterocycles. The topological polar surface area (TPSA) is 123 Å². The number of rotatable bonds is 9. The van der Waals surface area contributed by atoms with Gasteiger partial charge in [-0.1, -0.05) is 23.7 Å². The van der Waals surface area contributed by atoms with E-state index >= 15 is 0 Å². The van der Waals surface area contributed by atoms with Gasteiger partial charge in [-0.25, -0.2) is 14.5 Å². The van der Waals surface area contributed by atoms with Gasteiger partial charge in [0, 0.05) is 0 Å². The van der Waals surface area contributed by atoms with Crippen LogP contribution in [0.3, 0.4) is 0 Å². The molecule has 184 valence electrons. The van der Waals surface area contributed by atoms with Gasteiger partial charge in [0.1, 0.15) is 18.0 Å². The van der Waals surface area contributed by atoms with Crippen molar-refractivity contribution in [2.75, 3.05) is 32.2 Å². The Labute approximate surface area is 214 Å². The first-order chi connectivity index (χ1) is 16.7. The number of halogens is 2. The van der Waals surface area contributed by atoms with Crippen molar-refractivity contribution in [1.29, 1.82) is 0 Å². The van der Waals surface area contributed by atoms with Gasteiger partial charge in [-0.2, -0.15) is 0 Å². The van der Waals surface area contributed by atoms with Gasteiger partial charge in [-0.3, -0.25) is 9.59 Å². The number of carbonyl (C=O) groups excluding carboxylic acids is 4. The smallest absolute Gasteiger partial charge is 0.344 e. The van der Waals surface area contributed by atoms with Crippen molar-refractivity contribution in [1.82, 2.24) is 10.2 Å². The van der Waals surface area contributed by atoms with Crippen LogP contribution in [0.5, 0.6) is 11.5 Å². The highest BCUT2D eigenvalue weighted by Gasteiger charge is 2.35. The lowest BCUT2D eigenvalue weighted by Crippen LogP contribution is -2.38. The van der Waals surface area contributed by atoms with E-state index in [4.69, 9.17) is 25.8 Å². The van der Waals surface area contributed by atoms with Crippen molar-refractivity contribution < 1.29 is 33.4 Å². The largest absolute Gasteiger partial charge is 0.495 e. The maximum Gasteiger partial charge on any atom is 0.344 e. The van der Waals surface area contributed by atoms with Crippen LogP contribution in [0.2, 0.25) is 5.02 Å². The fraction of sp³-hybridized carbons (Fsp3) is 0.217. The van der Waals surface area contributed by atoms with E-state index in [1.807, 2.05) is 0 Å². The molecule has 0 bridgehead atoms. The second-order valence-electron chi connectivity index (χ2n) is 7.04. The molecular formula is C23H21BrClN3O7. The second kappa shape index (κ2) is 11.7. The number of ether oxygens (including phenoxy) is 3. The first-order valence-corrected chi connectivity index (χ1v) is 11.5. The van der Waals surface area contributed by atoms with E-state index in [1.165, 1.54) is 19.3 Å². The maximum atomic E-state index is 12.8. The van der Waals surface area contributed by atoms with Crippen LogP contribution in [0.15, 0.2) is 46.6 Å². The quantitative estimate of drug-likeness (QED) is 0.270. The maximum absolute atomic E-state index is 12.8. The number of hydrogen-bond acceptors (Lipinski definition) is 7. The Bertz CT molecular complexity index is 1180. The summed E-state index contributed by atoms with van der Waals surface area (Å²) in [5.41, 5.74) is 0.838. The third kappa shape index (κ3) is 6.52. The average molecular weight is 567 g/mol. The van der Waals surface area contributed by atoms with Crippen molar-refractivity contribution in [3.05, 3.63) is 57.2 Å². The Morgan fingerprint density at radius 3 is 2.66 bits per heavy atom. The van der Waals surface area contributed by atoms with Crippen LogP contribution < -0.4 is 20.1 Å². The summed E-state index contributed by atoms with van der Waals surface area (Å²) in [6.45, 7) is 1.08. The summed E-state index contributed by atoms with van der Waals surface area (Å²) in [7, 11) is 1.46. The molecule has 4 amide bonds. The van der Waals surface area contributed by atoms with Gasteiger partial charge >= 0.3 is 12.0 Å². The summed E-state index contributed by atoms with van der Waals surface area (Å²) < 4.78 is 15.8. The lowest BCUT2D eigenvalue weighted by molar-refractivity contribution is -0.145. The Kier molecular flexibility index (Phi) is 8.72. The van der Waals surface area contributed by atoms with Crippen LogP contribution in [0.1, 0.15) is 12.5 Å². The molecule has 12 heteroatoms. The normalized spacial score (nSPS) is 14.1. The molecule has 3 rings (SSSR count). The first kappa shape index (κ1) is 26.0. The zero-order chi connectivity index (χ0) is 25.5. The molecule has 0 atom stereocenters. The zero-order valence-corrected chi connectivity index (χ0v) is 21.1. The Morgan fingerprint density at radius 1 is 1.23 bits per heavy atom. The molecular weight excluding hydrogens is 546 g/mol. The number of nitrogens with one attached hydrogen (secondary N) is 2. The van der Waals surface area contributed by atoms with Gasteiger partial charge in [0.15, 0.2) is 12.4 Å². The predicted octanol–water partition coefficient (Wildman–Crippen LogP) is 3.58. The first-order valence-electron chi connectivity index (χ1n) is 10.3. The molecule has 1 heterocycles. The minimum atomic E-state index is -0.740. The number of nitrogens with zero attached hydrogens (tertiary/aromatic N) is 1. The fourth-order valence-electron chi connectivity index (χ4n) is 3.10. The molecule has 1 aliphatic rings. The van der Waals surface area contributed by atoms with Crippen LogP contribution in [-0.2, 0) is 19.1 Å². The molecule has 2 N–H and O–H groups in total. The van der Waals surface area contributed by atoms with Crippen LogP contribution in [0, 0.1) is 0 Å². The fourth-order valence-corrected chi connectivity index (χ4v) is 4.09. The third-order valence-corrected chi connectivity index (χ3v) is 5.49. The summed E-state index contributed by atoms with van der Waals surface area (Å²) >= 11 is 9.58. The van der Waals surface area contributed by atoms with Gasteiger partial charge in [0.25, 0.3) is 5.91 Å². The number of carbonyl (C=O) groups is 4. The van der Waals surface area contributed by atoms with Gasteiger partial charge in [0.05, 0.1) is 28.9 Å². The summed E-state index contributed by atoms with van der Waals surface area (Å²) in [4.78, 5) is 49.8. The van der Waals surface area contributed by atoms with Gasteiger partial charge in [-0.05, 0) is 58.8 Å². The Hall–Kier alpha value is -3.57. The van der Waals surface area contributed by atoms with Crippen molar-refractivity contribution in [3.63, 3.8) is 0 Å². The van der Waals surface area contributed by atoms with Gasteiger partial charge in [-0.15, -0.1) is 0 Å². The number of urea groups is 1. The molecule has 1 saturated heterocycles. The van der Waals surface area contributed by atoms with Gasteiger partial charge in [0.2, 0.25) is 5.91 Å². The minimum absolute atomic E-state index is 0.0387. The molecule has 10 nitrogen and oxygen atoms in total. The highest BCUT2D eigenvalue weighted by Crippen LogP contribution is 2.35. The van der Waals surface area contributed by atoms with E-state index in [0.717, 1.165) is 4.90 Å². The monoisotopic (exact) mass is 565 g/mol. The lowest BCUT2D eigenvalue weighted by atomic mass is 10.2. The summed E-state index contributed by atoms with van der Waals surface area (Å²) in [6.07, 6.45) is 1.41. The van der Waals surface area contributed by atoms with E-state index in [-0.39, 0.29) is 29.7 Å². The number of esters is 1. The molecule has 0 unspecified atom stereocenters. The number of para-hydroxylation sites is 2. The average Bonchev–Trinajstić information content (AvgIpc) is 3.06. The number of amides is 4. The van der Waals surface area contributed by atoms with Crippen molar-refractivity contribution in [3.8, 4) is 11.5 Å². The van der Waals surface area contributed by atoms with E-state index in [9.17, 15) is 19.2 Å². The SMILES string of the molecule is CCOC(=O)COc1c(Cl)cc(/C=C2/NC(=O)N(CC(=O)Nc3ccccc3OC)C2=O)cc1Br. The number of methoxy groups -OCH3 is 1. The highest BCUT2D eigenvalue weighted by molar-refractivity contribution is 9.10. The lowest BCUT2D eigenvalue weighted by Gasteiger charge is -2.13. The molecule has 0 saturated carbocycles. The van der Waals surface area contributed by atoms with Crippen LogP contribution >= 0.6 is 27.5 Å². The molecule has 0 spiro atoms. The standard InChI is InChI=1S/C23H21BrClN3O7/c1-3-34-20(30)12-35-21-14(24)8-13(9-15(21)25)10-17-22(31)28(23(32)27-17)11-19(29)26-16-6-4-5-7-18(16)33-2/h4-10H,3,11-12H2,1-2H3,(H,26,29)(H,27,32)/b17-10+. The summed E-state index contributed by atoms with van der Waals surface area (Å²) in [6, 6.07) is 9.11. The summed E-state index contributed by atoms with van der Waals surface area (Å²) in [5, 5.41) is 5.23. The predicted molar refractivity (Wildman–Crippen MR) is 131 cm³/mol. The van der Waals surface area contributed by atoms with Crippen LogP contribution in [0.25, 0.3) is 6.08 Å². The van der Waals surface area contributed by atoms with E-state index in [0.29, 0.717) is 21.5 Å². The minimum Gasteiger partial charge on any atom is -0.495 e. The second-order valence-corrected chi connectivity index (χ2v) is 8.30.